The van der Waals surface area contributed by atoms with Crippen molar-refractivity contribution >= 4 is 0 Å². The number of likely N-dealkylation sites (tertiary alicyclic amines) is 2. The third kappa shape index (κ3) is 7.65. The fourth-order valence-electron chi connectivity index (χ4n) is 7.67. The molecule has 0 N–H and O–H groups in total. The highest BCUT2D eigenvalue weighted by Gasteiger charge is 2.35. The molecule has 0 aromatic rings. The van der Waals surface area contributed by atoms with Crippen molar-refractivity contribution < 1.29 is 0 Å². The summed E-state index contributed by atoms with van der Waals surface area (Å²) in [7, 11) is 0. The van der Waals surface area contributed by atoms with Crippen LogP contribution in [-0.2, 0) is 0 Å². The monoisotopic (exact) mass is 514 g/mol. The molecule has 4 atom stereocenters. The van der Waals surface area contributed by atoms with E-state index < -0.39 is 0 Å². The van der Waals surface area contributed by atoms with Gasteiger partial charge in [0.1, 0.15) is 0 Å². The van der Waals surface area contributed by atoms with E-state index in [0.717, 1.165) is 11.8 Å². The zero-order valence-electron chi connectivity index (χ0n) is 24.6. The summed E-state index contributed by atoms with van der Waals surface area (Å²) in [6.07, 6.45) is 38.4. The first-order valence-electron chi connectivity index (χ1n) is 16.3. The number of rotatable bonds is 8. The van der Waals surface area contributed by atoms with Crippen LogP contribution in [0.15, 0.2) is 71.0 Å². The van der Waals surface area contributed by atoms with E-state index in [4.69, 9.17) is 0 Å². The maximum absolute atomic E-state index is 2.88. The Morgan fingerprint density at radius 2 is 1.87 bits per heavy atom. The molecule has 208 valence electrons. The van der Waals surface area contributed by atoms with Crippen LogP contribution in [0.4, 0.5) is 0 Å². The van der Waals surface area contributed by atoms with Crippen molar-refractivity contribution in [1.29, 1.82) is 0 Å². The molecule has 2 bridgehead atoms. The van der Waals surface area contributed by atoms with E-state index in [-0.39, 0.29) is 0 Å². The molecule has 2 nitrogen and oxygen atoms in total. The minimum absolute atomic E-state index is 0.600. The number of nitrogens with zero attached hydrogens (tertiary/aromatic N) is 2. The van der Waals surface area contributed by atoms with Crippen LogP contribution >= 0.6 is 0 Å². The average Bonchev–Trinajstić information content (AvgIpc) is 3.37. The number of hydrogen-bond acceptors (Lipinski definition) is 2. The third-order valence-corrected chi connectivity index (χ3v) is 10.1. The number of piperidine rings is 1. The Bertz CT molecular complexity index is 954. The summed E-state index contributed by atoms with van der Waals surface area (Å²) < 4.78 is 0. The molecule has 3 aliphatic carbocycles. The Kier molecular flexibility index (Phi) is 10.2. The van der Waals surface area contributed by atoms with Gasteiger partial charge in [-0.3, -0.25) is 0 Å². The molecule has 2 saturated heterocycles. The molecule has 5 aliphatic rings. The van der Waals surface area contributed by atoms with Gasteiger partial charge in [0.2, 0.25) is 0 Å². The average molecular weight is 515 g/mol. The quantitative estimate of drug-likeness (QED) is 0.298. The maximum Gasteiger partial charge on any atom is 0.0355 e. The fraction of sp³-hybridized carbons (Fsp3) is 0.667. The molecule has 0 aromatic heterocycles. The van der Waals surface area contributed by atoms with Gasteiger partial charge in [0.25, 0.3) is 0 Å². The van der Waals surface area contributed by atoms with Gasteiger partial charge >= 0.3 is 0 Å². The van der Waals surface area contributed by atoms with Gasteiger partial charge in [-0.2, -0.15) is 0 Å². The molecule has 0 amide bonds. The van der Waals surface area contributed by atoms with Gasteiger partial charge in [0, 0.05) is 24.8 Å². The highest BCUT2D eigenvalue weighted by Crippen LogP contribution is 2.41. The smallest absolute Gasteiger partial charge is 0.0355 e. The van der Waals surface area contributed by atoms with Gasteiger partial charge in [0.05, 0.1) is 0 Å². The van der Waals surface area contributed by atoms with Gasteiger partial charge in [-0.15, -0.1) is 0 Å². The van der Waals surface area contributed by atoms with Crippen LogP contribution in [-0.4, -0.2) is 42.0 Å². The van der Waals surface area contributed by atoms with E-state index in [2.05, 4.69) is 72.3 Å². The van der Waals surface area contributed by atoms with E-state index in [0.29, 0.717) is 12.0 Å². The Hall–Kier alpha value is -1.80. The summed E-state index contributed by atoms with van der Waals surface area (Å²) in [4.78, 5) is 5.54. The van der Waals surface area contributed by atoms with Gasteiger partial charge in [-0.1, -0.05) is 72.6 Å². The standard InChI is InChI=1S/C36H54N2/c1-3-30-17-18-34-27-33(26-30)21-25-38(35-19-13-29(2)14-20-35)36(34)28-32-12-9-11-31(15-16-32)10-5-8-24-37-22-6-4-7-23-37/h5,10,12-13,15-16,19,26,31,33-34,36H,3-4,6-9,11,14,17-18,20-25,27-28H2,1-2H3/b10-5-/t31-,33?,34+,36?/m0/s1. The summed E-state index contributed by atoms with van der Waals surface area (Å²) in [5.41, 5.74) is 6.47. The van der Waals surface area contributed by atoms with Crippen molar-refractivity contribution in [3.05, 3.63) is 71.0 Å². The molecule has 0 radical (unpaired) electrons. The van der Waals surface area contributed by atoms with Crippen LogP contribution in [0.25, 0.3) is 0 Å². The zero-order valence-corrected chi connectivity index (χ0v) is 24.6. The maximum atomic E-state index is 2.88. The van der Waals surface area contributed by atoms with E-state index >= 15 is 0 Å². The van der Waals surface area contributed by atoms with Gasteiger partial charge in [-0.25, -0.2) is 0 Å². The minimum Gasteiger partial charge on any atom is -0.371 e. The Balaban J connectivity index is 1.25. The predicted octanol–water partition coefficient (Wildman–Crippen LogP) is 9.15. The lowest BCUT2D eigenvalue weighted by Gasteiger charge is -2.39. The Labute approximate surface area is 234 Å². The van der Waals surface area contributed by atoms with Crippen LogP contribution in [0.3, 0.4) is 0 Å². The Morgan fingerprint density at radius 1 is 0.974 bits per heavy atom. The van der Waals surface area contributed by atoms with Crippen LogP contribution in [0, 0.1) is 17.8 Å². The molecule has 2 heterocycles. The zero-order chi connectivity index (χ0) is 26.2. The SMILES string of the molecule is CCC1=CC2CCN(C3=CC=C(C)CC3)C(CC3=CCC[C@H](/C=C\CCN4CCCCC4)C=C3)[C@H](CC1)C2. The summed E-state index contributed by atoms with van der Waals surface area (Å²) in [6, 6.07) is 0.648. The summed E-state index contributed by atoms with van der Waals surface area (Å²) >= 11 is 0. The molecule has 2 aliphatic heterocycles. The summed E-state index contributed by atoms with van der Waals surface area (Å²) in [5, 5.41) is 0. The molecule has 0 saturated carbocycles. The fourth-order valence-corrected chi connectivity index (χ4v) is 7.67. The largest absolute Gasteiger partial charge is 0.371 e. The van der Waals surface area contributed by atoms with Gasteiger partial charge < -0.3 is 9.80 Å². The Morgan fingerprint density at radius 3 is 2.68 bits per heavy atom. The lowest BCUT2D eigenvalue weighted by molar-refractivity contribution is 0.184. The van der Waals surface area contributed by atoms with Gasteiger partial charge in [-0.05, 0) is 127 Å². The second-order valence-electron chi connectivity index (χ2n) is 12.9. The molecular weight excluding hydrogens is 460 g/mol. The molecule has 2 fully saturated rings. The van der Waals surface area contributed by atoms with Crippen molar-refractivity contribution in [3.63, 3.8) is 0 Å². The molecule has 0 spiro atoms. The van der Waals surface area contributed by atoms with Crippen molar-refractivity contribution in [2.24, 2.45) is 17.8 Å². The number of allylic oxidation sites excluding steroid dienone is 10. The lowest BCUT2D eigenvalue weighted by atomic mass is 9.84. The van der Waals surface area contributed by atoms with Crippen LogP contribution in [0.5, 0.6) is 0 Å². The second-order valence-corrected chi connectivity index (χ2v) is 12.9. The topological polar surface area (TPSA) is 6.48 Å². The van der Waals surface area contributed by atoms with Gasteiger partial charge in [0.15, 0.2) is 0 Å². The molecule has 2 heteroatoms. The number of fused-ring (bicyclic) bond motifs is 2. The second kappa shape index (κ2) is 14.0. The van der Waals surface area contributed by atoms with Crippen LogP contribution < -0.4 is 0 Å². The van der Waals surface area contributed by atoms with Crippen LogP contribution in [0.2, 0.25) is 0 Å². The van der Waals surface area contributed by atoms with Crippen LogP contribution in [0.1, 0.15) is 104 Å². The first-order chi connectivity index (χ1) is 18.7. The minimum atomic E-state index is 0.600. The first-order valence-corrected chi connectivity index (χ1v) is 16.3. The number of hydrogen-bond donors (Lipinski definition) is 0. The first kappa shape index (κ1) is 27.8. The van der Waals surface area contributed by atoms with E-state index in [1.54, 1.807) is 16.8 Å². The molecule has 2 unspecified atom stereocenters. The molecular formula is C36H54N2. The summed E-state index contributed by atoms with van der Waals surface area (Å²) in [6.45, 7) is 9.76. The van der Waals surface area contributed by atoms with Crippen molar-refractivity contribution in [3.8, 4) is 0 Å². The predicted molar refractivity (Wildman–Crippen MR) is 164 cm³/mol. The molecule has 5 rings (SSSR count). The van der Waals surface area contributed by atoms with Crippen molar-refractivity contribution in [2.75, 3.05) is 26.2 Å². The highest BCUT2D eigenvalue weighted by atomic mass is 15.2. The van der Waals surface area contributed by atoms with E-state index in [9.17, 15) is 0 Å². The van der Waals surface area contributed by atoms with E-state index in [1.807, 2.05) is 0 Å². The normalized spacial score (nSPS) is 31.2. The van der Waals surface area contributed by atoms with E-state index in [1.165, 1.54) is 122 Å². The molecule has 0 aromatic carbocycles. The summed E-state index contributed by atoms with van der Waals surface area (Å²) in [5.74, 6) is 2.19. The lowest BCUT2D eigenvalue weighted by Crippen LogP contribution is -2.40. The van der Waals surface area contributed by atoms with Crippen molar-refractivity contribution in [1.82, 2.24) is 9.80 Å². The molecule has 38 heavy (non-hydrogen) atoms. The highest BCUT2D eigenvalue weighted by molar-refractivity contribution is 5.27. The van der Waals surface area contributed by atoms with Crippen molar-refractivity contribution in [2.45, 2.75) is 110 Å². The third-order valence-electron chi connectivity index (χ3n) is 10.1.